The summed E-state index contributed by atoms with van der Waals surface area (Å²) in [6, 6.07) is 10.9. The lowest BCUT2D eigenvalue weighted by molar-refractivity contribution is -0.903. The monoisotopic (exact) mass is 389 g/mol. The zero-order valence-electron chi connectivity index (χ0n) is 19.1. The van der Waals surface area contributed by atoms with Gasteiger partial charge in [-0.15, -0.1) is 0 Å². The van der Waals surface area contributed by atoms with Gasteiger partial charge >= 0.3 is 0 Å². The standard InChI is InChI=1S/C26H49N2/c1-28(2,25-26-21-17-16-18-22-26)24-20-15-13-11-9-7-5-3-4-6-8-10-12-14-19-23-27/h16-18,21-22H,3-15,19-20,23-25,27H2,1-2H3/q+1. The second-order valence-electron chi connectivity index (χ2n) is 9.40. The predicted octanol–water partition coefficient (Wildman–Crippen LogP) is 7.07. The minimum atomic E-state index is 0.867. The molecule has 0 atom stereocenters. The van der Waals surface area contributed by atoms with E-state index in [0.29, 0.717) is 0 Å². The first-order valence-corrected chi connectivity index (χ1v) is 12.2. The second-order valence-corrected chi connectivity index (χ2v) is 9.40. The quantitative estimate of drug-likeness (QED) is 0.199. The highest BCUT2D eigenvalue weighted by Crippen LogP contribution is 2.15. The summed E-state index contributed by atoms with van der Waals surface area (Å²) < 4.78 is 1.11. The van der Waals surface area contributed by atoms with Crippen molar-refractivity contribution in [3.05, 3.63) is 35.9 Å². The largest absolute Gasteiger partial charge is 0.330 e. The summed E-state index contributed by atoms with van der Waals surface area (Å²) in [4.78, 5) is 0. The molecule has 2 heteroatoms. The number of hydrogen-bond donors (Lipinski definition) is 1. The lowest BCUT2D eigenvalue weighted by Gasteiger charge is -2.30. The molecule has 0 fully saturated rings. The van der Waals surface area contributed by atoms with Crippen LogP contribution in [0.15, 0.2) is 30.3 Å². The molecule has 2 N–H and O–H groups in total. The number of benzene rings is 1. The molecule has 162 valence electrons. The van der Waals surface area contributed by atoms with Gasteiger partial charge in [0.2, 0.25) is 0 Å². The smallest absolute Gasteiger partial charge is 0.104 e. The van der Waals surface area contributed by atoms with Crippen LogP contribution in [0.2, 0.25) is 0 Å². The van der Waals surface area contributed by atoms with Crippen molar-refractivity contribution in [3.63, 3.8) is 0 Å². The lowest BCUT2D eigenvalue weighted by atomic mass is 10.0. The zero-order valence-corrected chi connectivity index (χ0v) is 19.1. The molecule has 0 aliphatic carbocycles. The summed E-state index contributed by atoms with van der Waals surface area (Å²) in [7, 11) is 4.74. The molecule has 1 aromatic rings. The van der Waals surface area contributed by atoms with E-state index in [1.54, 1.807) is 0 Å². The Morgan fingerprint density at radius 1 is 0.571 bits per heavy atom. The fourth-order valence-electron chi connectivity index (χ4n) is 4.14. The summed E-state index contributed by atoms with van der Waals surface area (Å²) in [5.41, 5.74) is 6.98. The second kappa shape index (κ2) is 17.0. The number of rotatable bonds is 19. The number of unbranched alkanes of at least 4 members (excludes halogenated alkanes) is 14. The number of nitrogens with two attached hydrogens (primary N) is 1. The molecular weight excluding hydrogens is 340 g/mol. The first kappa shape index (κ1) is 25.2. The number of quaternary nitrogens is 1. The van der Waals surface area contributed by atoms with Crippen LogP contribution in [0.3, 0.4) is 0 Å². The van der Waals surface area contributed by atoms with Crippen molar-refractivity contribution in [3.8, 4) is 0 Å². The topological polar surface area (TPSA) is 26.0 Å². The third-order valence-corrected chi connectivity index (χ3v) is 5.92. The van der Waals surface area contributed by atoms with E-state index >= 15 is 0 Å². The van der Waals surface area contributed by atoms with Gasteiger partial charge < -0.3 is 10.2 Å². The molecule has 28 heavy (non-hydrogen) atoms. The molecule has 0 bridgehead atoms. The average molecular weight is 390 g/mol. The maximum atomic E-state index is 5.52. The Hall–Kier alpha value is -0.860. The molecule has 0 aliphatic heterocycles. The first-order valence-electron chi connectivity index (χ1n) is 12.2. The lowest BCUT2D eigenvalue weighted by Crippen LogP contribution is -2.39. The van der Waals surface area contributed by atoms with Gasteiger partial charge in [0.1, 0.15) is 6.54 Å². The molecule has 0 saturated carbocycles. The molecule has 2 nitrogen and oxygen atoms in total. The molecule has 0 heterocycles. The Morgan fingerprint density at radius 3 is 1.39 bits per heavy atom. The summed E-state index contributed by atoms with van der Waals surface area (Å²) in [5.74, 6) is 0. The third kappa shape index (κ3) is 15.1. The minimum absolute atomic E-state index is 0.867. The summed E-state index contributed by atoms with van der Waals surface area (Å²) in [5, 5.41) is 0. The van der Waals surface area contributed by atoms with Gasteiger partial charge in [-0.05, 0) is 25.8 Å². The van der Waals surface area contributed by atoms with Crippen molar-refractivity contribution in [2.45, 2.75) is 103 Å². The van der Waals surface area contributed by atoms with Crippen LogP contribution in [0.1, 0.15) is 102 Å². The molecule has 0 saturated heterocycles. The fourth-order valence-corrected chi connectivity index (χ4v) is 4.14. The average Bonchev–Trinajstić information content (AvgIpc) is 2.68. The Kier molecular flexibility index (Phi) is 15.3. The molecule has 0 unspecified atom stereocenters. The zero-order chi connectivity index (χ0) is 20.3. The van der Waals surface area contributed by atoms with E-state index in [1.165, 1.54) is 108 Å². The summed E-state index contributed by atoms with van der Waals surface area (Å²) in [6.45, 7) is 3.31. The van der Waals surface area contributed by atoms with Gasteiger partial charge in [0, 0.05) is 5.56 Å². The number of hydrogen-bond acceptors (Lipinski definition) is 1. The minimum Gasteiger partial charge on any atom is -0.330 e. The van der Waals surface area contributed by atoms with Crippen molar-refractivity contribution < 1.29 is 4.48 Å². The van der Waals surface area contributed by atoms with Crippen molar-refractivity contribution in [1.29, 1.82) is 0 Å². The van der Waals surface area contributed by atoms with Crippen molar-refractivity contribution in [2.75, 3.05) is 27.2 Å². The molecule has 1 rings (SSSR count). The summed E-state index contributed by atoms with van der Waals surface area (Å²) >= 11 is 0. The van der Waals surface area contributed by atoms with Crippen LogP contribution >= 0.6 is 0 Å². The molecule has 1 aromatic carbocycles. The number of nitrogens with zero attached hydrogens (tertiary/aromatic N) is 1. The highest BCUT2D eigenvalue weighted by Gasteiger charge is 2.14. The Balaban J connectivity index is 1.83. The van der Waals surface area contributed by atoms with Crippen molar-refractivity contribution >= 4 is 0 Å². The van der Waals surface area contributed by atoms with E-state index in [4.69, 9.17) is 5.73 Å². The maximum absolute atomic E-state index is 5.52. The molecule has 0 amide bonds. The van der Waals surface area contributed by atoms with Crippen LogP contribution in [0.5, 0.6) is 0 Å². The predicted molar refractivity (Wildman–Crippen MR) is 125 cm³/mol. The van der Waals surface area contributed by atoms with E-state index in [0.717, 1.165) is 17.6 Å². The van der Waals surface area contributed by atoms with E-state index in [-0.39, 0.29) is 0 Å². The maximum Gasteiger partial charge on any atom is 0.104 e. The Morgan fingerprint density at radius 2 is 0.964 bits per heavy atom. The Labute approximate surface area is 176 Å². The highest BCUT2D eigenvalue weighted by atomic mass is 15.3. The van der Waals surface area contributed by atoms with Gasteiger partial charge in [0.05, 0.1) is 20.6 Å². The van der Waals surface area contributed by atoms with Crippen LogP contribution in [0, 0.1) is 0 Å². The molecule has 0 radical (unpaired) electrons. The fraction of sp³-hybridized carbons (Fsp3) is 0.769. The highest BCUT2D eigenvalue weighted by molar-refractivity contribution is 5.13. The van der Waals surface area contributed by atoms with Crippen molar-refractivity contribution in [1.82, 2.24) is 0 Å². The van der Waals surface area contributed by atoms with E-state index in [9.17, 15) is 0 Å². The van der Waals surface area contributed by atoms with E-state index in [2.05, 4.69) is 44.4 Å². The van der Waals surface area contributed by atoms with Gasteiger partial charge in [-0.2, -0.15) is 0 Å². The van der Waals surface area contributed by atoms with Gasteiger partial charge in [-0.3, -0.25) is 0 Å². The third-order valence-electron chi connectivity index (χ3n) is 5.92. The Bertz CT molecular complexity index is 441. The molecular formula is C26H49N2+. The normalized spacial score (nSPS) is 11.8. The van der Waals surface area contributed by atoms with Gasteiger partial charge in [0.15, 0.2) is 0 Å². The molecule has 0 aromatic heterocycles. The van der Waals surface area contributed by atoms with Crippen LogP contribution in [-0.2, 0) is 6.54 Å². The van der Waals surface area contributed by atoms with Crippen LogP contribution in [0.25, 0.3) is 0 Å². The molecule has 0 aliphatic rings. The van der Waals surface area contributed by atoms with E-state index < -0.39 is 0 Å². The SMILES string of the molecule is C[N+](C)(CCCCCCCCCCCCCCCCCN)Cc1ccccc1. The first-order chi connectivity index (χ1) is 13.6. The van der Waals surface area contributed by atoms with Gasteiger partial charge in [-0.25, -0.2) is 0 Å². The van der Waals surface area contributed by atoms with Crippen LogP contribution in [0.4, 0.5) is 0 Å². The van der Waals surface area contributed by atoms with E-state index in [1.807, 2.05) is 0 Å². The van der Waals surface area contributed by atoms with Crippen LogP contribution < -0.4 is 5.73 Å². The van der Waals surface area contributed by atoms with Gasteiger partial charge in [0.25, 0.3) is 0 Å². The van der Waals surface area contributed by atoms with Crippen LogP contribution in [-0.4, -0.2) is 31.7 Å². The van der Waals surface area contributed by atoms with Gasteiger partial charge in [-0.1, -0.05) is 107 Å². The van der Waals surface area contributed by atoms with Crippen molar-refractivity contribution in [2.24, 2.45) is 5.73 Å². The summed E-state index contributed by atoms with van der Waals surface area (Å²) in [6.07, 6.45) is 21.1. The molecule has 0 spiro atoms.